The van der Waals surface area contributed by atoms with Crippen LogP contribution < -0.4 is 19.7 Å². The van der Waals surface area contributed by atoms with Crippen molar-refractivity contribution < 1.29 is 27.4 Å². The van der Waals surface area contributed by atoms with E-state index < -0.39 is 36.5 Å². The summed E-state index contributed by atoms with van der Waals surface area (Å²) in [6, 6.07) is 4.58. The molecule has 3 aromatic rings. The van der Waals surface area contributed by atoms with Crippen molar-refractivity contribution in [1.82, 2.24) is 25.2 Å². The normalized spacial score (nSPS) is 18.6. The second-order valence-electron chi connectivity index (χ2n) is 11.6. The third-order valence-corrected chi connectivity index (χ3v) is 8.28. The van der Waals surface area contributed by atoms with Crippen LogP contribution in [-0.2, 0) is 13.0 Å². The summed E-state index contributed by atoms with van der Waals surface area (Å²) in [6.07, 6.45) is 6.31. The SMILES string of the molecule is CC(C)N(C(=O)c1cc(F)ccc1Oc1cncnc1N1CCC(Oc2ccnc3c2CNCC3)CC1)C1CC(F)(F)C1. The van der Waals surface area contributed by atoms with Gasteiger partial charge in [0.2, 0.25) is 0 Å². The second kappa shape index (κ2) is 12.0. The number of ether oxygens (including phenoxy) is 2. The summed E-state index contributed by atoms with van der Waals surface area (Å²) in [5.41, 5.74) is 2.16. The van der Waals surface area contributed by atoms with Gasteiger partial charge in [-0.15, -0.1) is 0 Å². The number of aromatic nitrogens is 3. The number of nitrogens with one attached hydrogen (secondary N) is 1. The highest BCUT2D eigenvalue weighted by Gasteiger charge is 2.50. The van der Waals surface area contributed by atoms with Crippen LogP contribution in [0.25, 0.3) is 0 Å². The van der Waals surface area contributed by atoms with Crippen LogP contribution in [0.15, 0.2) is 43.0 Å². The van der Waals surface area contributed by atoms with E-state index in [9.17, 15) is 18.0 Å². The molecule has 43 heavy (non-hydrogen) atoms. The first-order valence-electron chi connectivity index (χ1n) is 14.8. The summed E-state index contributed by atoms with van der Waals surface area (Å²) in [7, 11) is 0. The van der Waals surface area contributed by atoms with Gasteiger partial charge in [0.25, 0.3) is 11.8 Å². The molecule has 0 unspecified atom stereocenters. The van der Waals surface area contributed by atoms with Crippen molar-refractivity contribution in [2.45, 2.75) is 76.6 Å². The van der Waals surface area contributed by atoms with Crippen molar-refractivity contribution in [3.05, 3.63) is 65.6 Å². The molecule has 2 aliphatic heterocycles. The molecule has 6 rings (SSSR count). The van der Waals surface area contributed by atoms with Gasteiger partial charge in [-0.3, -0.25) is 9.78 Å². The maximum atomic E-state index is 14.4. The fourth-order valence-corrected chi connectivity index (χ4v) is 6.10. The van der Waals surface area contributed by atoms with Crippen LogP contribution in [0.5, 0.6) is 17.2 Å². The van der Waals surface area contributed by atoms with Crippen LogP contribution in [0.3, 0.4) is 0 Å². The number of anilines is 1. The van der Waals surface area contributed by atoms with Gasteiger partial charge >= 0.3 is 0 Å². The van der Waals surface area contributed by atoms with Gasteiger partial charge in [-0.05, 0) is 38.1 Å². The van der Waals surface area contributed by atoms with Gasteiger partial charge in [0.1, 0.15) is 29.7 Å². The Labute approximate surface area is 248 Å². The number of carbonyl (C=O) groups is 1. The van der Waals surface area contributed by atoms with Crippen molar-refractivity contribution in [1.29, 1.82) is 0 Å². The maximum absolute atomic E-state index is 14.4. The van der Waals surface area contributed by atoms with Gasteiger partial charge in [0.05, 0.1) is 11.8 Å². The number of hydrogen-bond acceptors (Lipinski definition) is 8. The fraction of sp³-hybridized carbons (Fsp3) is 0.484. The first-order chi connectivity index (χ1) is 20.7. The van der Waals surface area contributed by atoms with E-state index in [0.717, 1.165) is 55.4 Å². The lowest BCUT2D eigenvalue weighted by molar-refractivity contribution is -0.120. The number of amides is 1. The Kier molecular flexibility index (Phi) is 8.13. The molecule has 2 aromatic heterocycles. The number of nitrogens with zero attached hydrogens (tertiary/aromatic N) is 5. The molecule has 1 aromatic carbocycles. The minimum absolute atomic E-state index is 0.0260. The molecule has 12 heteroatoms. The molecule has 1 saturated heterocycles. The molecule has 0 radical (unpaired) electrons. The quantitative estimate of drug-likeness (QED) is 0.382. The molecule has 228 valence electrons. The molecular weight excluding hydrogens is 561 g/mol. The Morgan fingerprint density at radius 1 is 1.12 bits per heavy atom. The molecule has 1 aliphatic carbocycles. The average Bonchev–Trinajstić information content (AvgIpc) is 2.98. The Balaban J connectivity index is 1.17. The number of piperidine rings is 1. The molecule has 4 heterocycles. The highest BCUT2D eigenvalue weighted by molar-refractivity contribution is 5.97. The number of carbonyl (C=O) groups excluding carboxylic acids is 1. The van der Waals surface area contributed by atoms with E-state index in [4.69, 9.17) is 9.47 Å². The zero-order valence-corrected chi connectivity index (χ0v) is 24.2. The van der Waals surface area contributed by atoms with Gasteiger partial charge < -0.3 is 24.6 Å². The Hall–Kier alpha value is -3.93. The predicted octanol–water partition coefficient (Wildman–Crippen LogP) is 5.14. The predicted molar refractivity (Wildman–Crippen MR) is 153 cm³/mol. The Bertz CT molecular complexity index is 1470. The van der Waals surface area contributed by atoms with Gasteiger partial charge in [-0.1, -0.05) is 0 Å². The first kappa shape index (κ1) is 29.2. The van der Waals surface area contributed by atoms with Crippen LogP contribution in [0.4, 0.5) is 19.0 Å². The van der Waals surface area contributed by atoms with E-state index in [1.165, 1.54) is 29.6 Å². The molecule has 1 saturated carbocycles. The maximum Gasteiger partial charge on any atom is 0.258 e. The number of hydrogen-bond donors (Lipinski definition) is 1. The van der Waals surface area contributed by atoms with E-state index in [0.29, 0.717) is 24.7 Å². The van der Waals surface area contributed by atoms with Gasteiger partial charge in [0.15, 0.2) is 11.6 Å². The number of rotatable bonds is 8. The molecule has 0 atom stereocenters. The lowest BCUT2D eigenvalue weighted by Gasteiger charge is -2.44. The van der Waals surface area contributed by atoms with E-state index in [1.807, 2.05) is 6.07 Å². The largest absolute Gasteiger partial charge is 0.490 e. The molecule has 3 aliphatic rings. The minimum Gasteiger partial charge on any atom is -0.490 e. The van der Waals surface area contributed by atoms with Crippen LogP contribution in [0.2, 0.25) is 0 Å². The molecule has 0 spiro atoms. The fourth-order valence-electron chi connectivity index (χ4n) is 6.10. The van der Waals surface area contributed by atoms with Crippen LogP contribution in [0, 0.1) is 5.82 Å². The topological polar surface area (TPSA) is 92.7 Å². The number of alkyl halides is 2. The molecule has 1 N–H and O–H groups in total. The highest BCUT2D eigenvalue weighted by Crippen LogP contribution is 2.42. The van der Waals surface area contributed by atoms with Crippen LogP contribution in [0.1, 0.15) is 61.1 Å². The van der Waals surface area contributed by atoms with E-state index >= 15 is 0 Å². The molecule has 0 bridgehead atoms. The van der Waals surface area contributed by atoms with E-state index in [-0.39, 0.29) is 23.5 Å². The monoisotopic (exact) mass is 596 g/mol. The van der Waals surface area contributed by atoms with Crippen molar-refractivity contribution in [2.24, 2.45) is 0 Å². The highest BCUT2D eigenvalue weighted by atomic mass is 19.3. The van der Waals surface area contributed by atoms with E-state index in [1.54, 1.807) is 20.0 Å². The third kappa shape index (κ3) is 6.24. The van der Waals surface area contributed by atoms with Gasteiger partial charge in [-0.25, -0.2) is 23.1 Å². The number of halogens is 3. The van der Waals surface area contributed by atoms with Crippen molar-refractivity contribution >= 4 is 11.7 Å². The summed E-state index contributed by atoms with van der Waals surface area (Å²) in [4.78, 5) is 30.2. The van der Waals surface area contributed by atoms with Crippen molar-refractivity contribution in [2.75, 3.05) is 24.5 Å². The summed E-state index contributed by atoms with van der Waals surface area (Å²) in [5.74, 6) is -2.16. The van der Waals surface area contributed by atoms with Crippen molar-refractivity contribution in [3.8, 4) is 17.2 Å². The zero-order valence-electron chi connectivity index (χ0n) is 24.2. The average molecular weight is 597 g/mol. The Morgan fingerprint density at radius 2 is 1.91 bits per heavy atom. The number of benzene rings is 1. The van der Waals surface area contributed by atoms with E-state index in [2.05, 4.69) is 25.2 Å². The lowest BCUT2D eigenvalue weighted by Crippen LogP contribution is -2.55. The summed E-state index contributed by atoms with van der Waals surface area (Å²) < 4.78 is 54.3. The summed E-state index contributed by atoms with van der Waals surface area (Å²) in [5, 5.41) is 3.38. The Morgan fingerprint density at radius 3 is 2.65 bits per heavy atom. The van der Waals surface area contributed by atoms with Crippen LogP contribution in [-0.4, -0.2) is 69.5 Å². The third-order valence-electron chi connectivity index (χ3n) is 8.28. The summed E-state index contributed by atoms with van der Waals surface area (Å²) >= 11 is 0. The second-order valence-corrected chi connectivity index (χ2v) is 11.6. The molecular formula is C31H35F3N6O3. The van der Waals surface area contributed by atoms with Gasteiger partial charge in [0, 0.05) is 87.8 Å². The summed E-state index contributed by atoms with van der Waals surface area (Å²) in [6.45, 7) is 6.46. The lowest BCUT2D eigenvalue weighted by atomic mass is 9.85. The standard InChI is InChI=1S/C31H35F3N6O3/c1-19(2)40(21-14-31(33,34)15-21)30(41)23-13-20(32)3-4-26(23)43-28-17-36-18-38-29(28)39-11-7-22(8-12-39)42-27-6-10-37-25-5-9-35-16-24(25)27/h3-4,6,10,13,17-19,21-22,35H,5,7-9,11-12,14-16H2,1-2H3. The zero-order chi connectivity index (χ0) is 30.1. The number of pyridine rings is 1. The van der Waals surface area contributed by atoms with Gasteiger partial charge in [-0.2, -0.15) is 0 Å². The van der Waals surface area contributed by atoms with Crippen LogP contribution >= 0.6 is 0 Å². The van der Waals surface area contributed by atoms with Crippen molar-refractivity contribution in [3.63, 3.8) is 0 Å². The minimum atomic E-state index is -2.80. The molecule has 2 fully saturated rings. The molecule has 9 nitrogen and oxygen atoms in total. The smallest absolute Gasteiger partial charge is 0.258 e. The first-order valence-corrected chi connectivity index (χ1v) is 14.8. The molecule has 1 amide bonds. The number of fused-ring (bicyclic) bond motifs is 1.